The lowest BCUT2D eigenvalue weighted by Crippen LogP contribution is -2.25. The van der Waals surface area contributed by atoms with Crippen LogP contribution in [0.2, 0.25) is 0 Å². The Kier molecular flexibility index (Phi) is 12.1. The summed E-state index contributed by atoms with van der Waals surface area (Å²) >= 11 is 0. The first-order valence-electron chi connectivity index (χ1n) is 14.3. The first-order valence-corrected chi connectivity index (χ1v) is 14.3. The molecule has 1 aromatic rings. The van der Waals surface area contributed by atoms with E-state index in [4.69, 9.17) is 9.47 Å². The van der Waals surface area contributed by atoms with Crippen LogP contribution in [-0.4, -0.2) is 12.6 Å². The summed E-state index contributed by atoms with van der Waals surface area (Å²) in [5, 5.41) is 0. The van der Waals surface area contributed by atoms with Crippen LogP contribution in [0.4, 0.5) is 0 Å². The van der Waals surface area contributed by atoms with Crippen LogP contribution in [0.3, 0.4) is 0 Å². The Labute approximate surface area is 208 Å². The number of hydrogen-bond donors (Lipinski definition) is 0. The summed E-state index contributed by atoms with van der Waals surface area (Å²) in [7, 11) is 0. The number of allylic oxidation sites excluding steroid dienone is 1. The fourth-order valence-corrected chi connectivity index (χ4v) is 5.73. The molecule has 3 rings (SSSR count). The summed E-state index contributed by atoms with van der Waals surface area (Å²) in [6.07, 6.45) is 23.7. The van der Waals surface area contributed by atoms with E-state index in [1.165, 1.54) is 83.5 Å². The second kappa shape index (κ2) is 15.3. The van der Waals surface area contributed by atoms with Crippen molar-refractivity contribution in [3.63, 3.8) is 0 Å². The molecule has 0 amide bonds. The van der Waals surface area contributed by atoms with Gasteiger partial charge >= 0.3 is 5.97 Å². The van der Waals surface area contributed by atoms with Gasteiger partial charge in [-0.05, 0) is 93.4 Å². The van der Waals surface area contributed by atoms with E-state index in [1.54, 1.807) is 0 Å². The molecule has 0 unspecified atom stereocenters. The van der Waals surface area contributed by atoms with Crippen molar-refractivity contribution in [2.45, 2.75) is 110 Å². The lowest BCUT2D eigenvalue weighted by Gasteiger charge is -2.27. The number of unbranched alkanes of at least 4 members (excludes halogenated alkanes) is 3. The van der Waals surface area contributed by atoms with Gasteiger partial charge in [-0.1, -0.05) is 70.9 Å². The Morgan fingerprint density at radius 3 is 2.03 bits per heavy atom. The van der Waals surface area contributed by atoms with E-state index in [1.807, 2.05) is 24.3 Å². The predicted molar refractivity (Wildman–Crippen MR) is 141 cm³/mol. The molecule has 0 atom stereocenters. The maximum Gasteiger partial charge on any atom is 0.314 e. The van der Waals surface area contributed by atoms with E-state index in [-0.39, 0.29) is 11.9 Å². The number of esters is 1. The van der Waals surface area contributed by atoms with Crippen molar-refractivity contribution in [1.29, 1.82) is 0 Å². The molecular formula is C31H48O3. The Morgan fingerprint density at radius 2 is 1.38 bits per heavy atom. The molecule has 190 valence electrons. The summed E-state index contributed by atoms with van der Waals surface area (Å²) in [5.41, 5.74) is 0. The maximum absolute atomic E-state index is 12.6. The third kappa shape index (κ3) is 9.47. The Hall–Kier alpha value is -1.77. The highest BCUT2D eigenvalue weighted by Gasteiger charge is 2.27. The molecule has 0 spiro atoms. The molecule has 0 radical (unpaired) electrons. The standard InChI is InChI=1S/C31H48O3/c1-3-5-7-10-26-12-14-27(15-13-26)11-8-24-33-29-20-22-30(23-21-29)34-31(32)28-18-16-25(17-19-28)9-6-4-2/h8,11,20-23,25-28H,3-7,9-10,12-19,24H2,1-2H3/b11-8+/t25-,26-,27-,28-. The number of ether oxygens (including phenoxy) is 2. The molecule has 0 aliphatic heterocycles. The molecule has 3 heteroatoms. The lowest BCUT2D eigenvalue weighted by atomic mass is 9.79. The second-order valence-corrected chi connectivity index (χ2v) is 10.8. The van der Waals surface area contributed by atoms with Crippen molar-refractivity contribution >= 4 is 5.97 Å². The van der Waals surface area contributed by atoms with Gasteiger partial charge in [-0.2, -0.15) is 0 Å². The number of benzene rings is 1. The molecule has 0 heterocycles. The van der Waals surface area contributed by atoms with Crippen LogP contribution in [0.1, 0.15) is 110 Å². The van der Waals surface area contributed by atoms with Crippen LogP contribution in [-0.2, 0) is 4.79 Å². The molecular weight excluding hydrogens is 420 g/mol. The summed E-state index contributed by atoms with van der Waals surface area (Å²) in [6.45, 7) is 5.13. The SMILES string of the molecule is CCCCC[C@H]1CC[C@H](/C=C/COc2ccc(OC(=O)[C@H]3CC[C@H](CCCC)CC3)cc2)CC1. The Morgan fingerprint density at radius 1 is 0.794 bits per heavy atom. The molecule has 1 aromatic carbocycles. The van der Waals surface area contributed by atoms with Crippen LogP contribution in [0.15, 0.2) is 36.4 Å². The van der Waals surface area contributed by atoms with Crippen LogP contribution in [0.5, 0.6) is 11.5 Å². The second-order valence-electron chi connectivity index (χ2n) is 10.8. The summed E-state index contributed by atoms with van der Waals surface area (Å²) < 4.78 is 11.5. The zero-order valence-corrected chi connectivity index (χ0v) is 21.8. The number of carbonyl (C=O) groups is 1. The number of carbonyl (C=O) groups excluding carboxylic acids is 1. The highest BCUT2D eigenvalue weighted by atomic mass is 16.5. The van der Waals surface area contributed by atoms with E-state index in [0.717, 1.165) is 36.3 Å². The average Bonchev–Trinajstić information content (AvgIpc) is 2.87. The number of hydrogen-bond acceptors (Lipinski definition) is 3. The van der Waals surface area contributed by atoms with Gasteiger partial charge in [-0.15, -0.1) is 0 Å². The molecule has 2 aliphatic carbocycles. The van der Waals surface area contributed by atoms with Crippen molar-refractivity contribution in [3.8, 4) is 11.5 Å². The fraction of sp³-hybridized carbons (Fsp3) is 0.710. The molecule has 0 aromatic heterocycles. The zero-order valence-electron chi connectivity index (χ0n) is 21.8. The fourth-order valence-electron chi connectivity index (χ4n) is 5.73. The van der Waals surface area contributed by atoms with Crippen LogP contribution in [0, 0.1) is 23.7 Å². The Bertz CT molecular complexity index is 707. The first kappa shape index (κ1) is 26.8. The third-order valence-electron chi connectivity index (χ3n) is 8.05. The average molecular weight is 469 g/mol. The van der Waals surface area contributed by atoms with Gasteiger partial charge < -0.3 is 9.47 Å². The van der Waals surface area contributed by atoms with Gasteiger partial charge in [0.25, 0.3) is 0 Å². The molecule has 0 bridgehead atoms. The van der Waals surface area contributed by atoms with Crippen LogP contribution >= 0.6 is 0 Å². The van der Waals surface area contributed by atoms with Gasteiger partial charge in [-0.25, -0.2) is 0 Å². The summed E-state index contributed by atoms with van der Waals surface area (Å²) in [4.78, 5) is 12.6. The number of rotatable bonds is 13. The smallest absolute Gasteiger partial charge is 0.314 e. The van der Waals surface area contributed by atoms with Gasteiger partial charge in [0.15, 0.2) is 0 Å². The minimum absolute atomic E-state index is 0.0605. The van der Waals surface area contributed by atoms with Crippen molar-refractivity contribution in [1.82, 2.24) is 0 Å². The van der Waals surface area contributed by atoms with Gasteiger partial charge in [0.2, 0.25) is 0 Å². The van der Waals surface area contributed by atoms with Crippen molar-refractivity contribution < 1.29 is 14.3 Å². The minimum atomic E-state index is -0.0642. The summed E-state index contributed by atoms with van der Waals surface area (Å²) in [6, 6.07) is 7.51. The van der Waals surface area contributed by atoms with Gasteiger partial charge in [-0.3, -0.25) is 4.79 Å². The largest absolute Gasteiger partial charge is 0.490 e. The topological polar surface area (TPSA) is 35.5 Å². The van der Waals surface area contributed by atoms with E-state index >= 15 is 0 Å². The Balaban J connectivity index is 1.30. The van der Waals surface area contributed by atoms with Crippen molar-refractivity contribution in [2.75, 3.05) is 6.61 Å². The van der Waals surface area contributed by atoms with Gasteiger partial charge in [0.1, 0.15) is 18.1 Å². The quantitative estimate of drug-likeness (QED) is 0.125. The molecule has 2 saturated carbocycles. The zero-order chi connectivity index (χ0) is 24.0. The molecule has 0 saturated heterocycles. The molecule has 2 aliphatic rings. The van der Waals surface area contributed by atoms with Crippen molar-refractivity contribution in [2.24, 2.45) is 23.7 Å². The normalized spacial score (nSPS) is 25.4. The van der Waals surface area contributed by atoms with Crippen molar-refractivity contribution in [3.05, 3.63) is 36.4 Å². The van der Waals surface area contributed by atoms with Crippen LogP contribution < -0.4 is 9.47 Å². The first-order chi connectivity index (χ1) is 16.7. The van der Waals surface area contributed by atoms with E-state index in [2.05, 4.69) is 26.0 Å². The predicted octanol–water partition coefficient (Wildman–Crippen LogP) is 8.91. The highest BCUT2D eigenvalue weighted by molar-refractivity contribution is 5.75. The van der Waals surface area contributed by atoms with Crippen LogP contribution in [0.25, 0.3) is 0 Å². The third-order valence-corrected chi connectivity index (χ3v) is 8.05. The molecule has 0 N–H and O–H groups in total. The highest BCUT2D eigenvalue weighted by Crippen LogP contribution is 2.34. The molecule has 2 fully saturated rings. The van der Waals surface area contributed by atoms with E-state index < -0.39 is 0 Å². The molecule has 3 nitrogen and oxygen atoms in total. The minimum Gasteiger partial charge on any atom is -0.490 e. The van der Waals surface area contributed by atoms with Gasteiger partial charge in [0, 0.05) is 0 Å². The van der Waals surface area contributed by atoms with E-state index in [9.17, 15) is 4.79 Å². The summed E-state index contributed by atoms with van der Waals surface area (Å²) in [5.74, 6) is 3.92. The monoisotopic (exact) mass is 468 g/mol. The lowest BCUT2D eigenvalue weighted by molar-refractivity contribution is -0.140. The maximum atomic E-state index is 12.6. The molecule has 34 heavy (non-hydrogen) atoms. The van der Waals surface area contributed by atoms with E-state index in [0.29, 0.717) is 12.4 Å². The van der Waals surface area contributed by atoms with Gasteiger partial charge in [0.05, 0.1) is 5.92 Å².